The number of nitrogens with one attached hydrogen (secondary N) is 2. The van der Waals surface area contributed by atoms with E-state index in [0.29, 0.717) is 5.75 Å². The molecule has 0 bridgehead atoms. The Morgan fingerprint density at radius 2 is 1.96 bits per heavy atom. The molecule has 0 saturated heterocycles. The Balaban J connectivity index is 2.19. The number of hydrogen-bond acceptors (Lipinski definition) is 5. The zero-order valence-corrected chi connectivity index (χ0v) is 14.6. The molecule has 0 aliphatic heterocycles. The summed E-state index contributed by atoms with van der Waals surface area (Å²) in [5.41, 5.74) is 0.815. The van der Waals surface area contributed by atoms with Crippen LogP contribution in [0.5, 0.6) is 5.75 Å². The van der Waals surface area contributed by atoms with E-state index in [1.165, 1.54) is 25.3 Å². The normalized spacial score (nSPS) is 11.3. The zero-order valence-electron chi connectivity index (χ0n) is 13.0. The highest BCUT2D eigenvalue weighted by Crippen LogP contribution is 2.27. The third kappa shape index (κ3) is 4.49. The van der Waals surface area contributed by atoms with Crippen LogP contribution < -0.4 is 14.8 Å². The van der Waals surface area contributed by atoms with Crippen molar-refractivity contribution in [3.8, 4) is 5.75 Å². The van der Waals surface area contributed by atoms with Gasteiger partial charge >= 0.3 is 0 Å². The molecule has 2 rings (SSSR count). The van der Waals surface area contributed by atoms with Crippen molar-refractivity contribution < 1.29 is 13.2 Å². The van der Waals surface area contributed by atoms with Crippen molar-refractivity contribution in [3.05, 3.63) is 41.6 Å². The van der Waals surface area contributed by atoms with Crippen molar-refractivity contribution in [1.29, 1.82) is 0 Å². The van der Waals surface area contributed by atoms with Gasteiger partial charge < -0.3 is 10.1 Å². The average Bonchev–Trinajstić information content (AvgIpc) is 2.48. The fraction of sp³-hybridized carbons (Fsp3) is 0.267. The number of anilines is 2. The molecule has 1 heterocycles. The number of aromatic nitrogens is 1. The highest BCUT2D eigenvalue weighted by molar-refractivity contribution is 7.92. The van der Waals surface area contributed by atoms with Crippen molar-refractivity contribution >= 4 is 33.1 Å². The predicted octanol–water partition coefficient (Wildman–Crippen LogP) is 3.36. The summed E-state index contributed by atoms with van der Waals surface area (Å²) in [5.74, 6) is 0.638. The van der Waals surface area contributed by atoms with Gasteiger partial charge in [-0.15, -0.1) is 0 Å². The van der Waals surface area contributed by atoms with Crippen molar-refractivity contribution in [2.45, 2.75) is 24.8 Å². The minimum absolute atomic E-state index is 0.0366. The molecule has 0 aliphatic rings. The first-order valence-corrected chi connectivity index (χ1v) is 8.77. The largest absolute Gasteiger partial charge is 0.495 e. The maximum absolute atomic E-state index is 12.3. The van der Waals surface area contributed by atoms with Gasteiger partial charge in [-0.25, -0.2) is 13.4 Å². The first kappa shape index (κ1) is 17.4. The standard InChI is InChI=1S/C15H18ClN3O3S/c1-10(2)18-11-4-7-15(17-9-11)19-23(20,21)12-5-6-14(22-3)13(16)8-12/h4-10,18H,1-3H3,(H,17,19). The van der Waals surface area contributed by atoms with E-state index in [1.54, 1.807) is 18.3 Å². The fourth-order valence-corrected chi connectivity index (χ4v) is 3.24. The smallest absolute Gasteiger partial charge is 0.263 e. The summed E-state index contributed by atoms with van der Waals surface area (Å²) >= 11 is 5.97. The topological polar surface area (TPSA) is 80.3 Å². The number of rotatable bonds is 6. The van der Waals surface area contributed by atoms with Crippen LogP contribution in [0.2, 0.25) is 5.02 Å². The van der Waals surface area contributed by atoms with Crippen LogP contribution in [-0.4, -0.2) is 26.6 Å². The second-order valence-corrected chi connectivity index (χ2v) is 7.22. The summed E-state index contributed by atoms with van der Waals surface area (Å²) in [6, 6.07) is 7.86. The van der Waals surface area contributed by atoms with Crippen molar-refractivity contribution in [3.63, 3.8) is 0 Å². The number of hydrogen-bond donors (Lipinski definition) is 2. The van der Waals surface area contributed by atoms with Gasteiger partial charge in [-0.1, -0.05) is 11.6 Å². The van der Waals surface area contributed by atoms with Gasteiger partial charge in [0, 0.05) is 6.04 Å². The highest BCUT2D eigenvalue weighted by atomic mass is 35.5. The number of sulfonamides is 1. The summed E-state index contributed by atoms with van der Waals surface area (Å²) in [7, 11) is -2.31. The van der Waals surface area contributed by atoms with Crippen molar-refractivity contribution in [2.24, 2.45) is 0 Å². The molecule has 1 aromatic carbocycles. The van der Waals surface area contributed by atoms with Gasteiger partial charge in [0.1, 0.15) is 11.6 Å². The Hall–Kier alpha value is -1.99. The first-order chi connectivity index (χ1) is 10.8. The van der Waals surface area contributed by atoms with Crippen LogP contribution in [0.15, 0.2) is 41.4 Å². The molecule has 0 amide bonds. The maximum atomic E-state index is 12.3. The lowest BCUT2D eigenvalue weighted by atomic mass is 10.3. The molecule has 0 unspecified atom stereocenters. The second-order valence-electron chi connectivity index (χ2n) is 5.13. The van der Waals surface area contributed by atoms with Crippen molar-refractivity contribution in [2.75, 3.05) is 17.1 Å². The molecular weight excluding hydrogens is 338 g/mol. The average molecular weight is 356 g/mol. The van der Waals surface area contributed by atoms with Crippen LogP contribution >= 0.6 is 11.6 Å². The predicted molar refractivity (Wildman–Crippen MR) is 91.8 cm³/mol. The van der Waals surface area contributed by atoms with Crippen LogP contribution in [0.1, 0.15) is 13.8 Å². The van der Waals surface area contributed by atoms with Gasteiger partial charge in [-0.3, -0.25) is 4.72 Å². The van der Waals surface area contributed by atoms with Gasteiger partial charge in [-0.2, -0.15) is 0 Å². The van der Waals surface area contributed by atoms with Crippen LogP contribution in [0.25, 0.3) is 0 Å². The van der Waals surface area contributed by atoms with E-state index in [1.807, 2.05) is 13.8 Å². The Bertz CT molecular complexity index is 777. The molecule has 6 nitrogen and oxygen atoms in total. The lowest BCUT2D eigenvalue weighted by Gasteiger charge is -2.11. The molecule has 124 valence electrons. The third-order valence-corrected chi connectivity index (χ3v) is 4.54. The van der Waals surface area contributed by atoms with E-state index in [4.69, 9.17) is 16.3 Å². The van der Waals surface area contributed by atoms with Crippen LogP contribution in [0, 0.1) is 0 Å². The molecule has 0 radical (unpaired) electrons. The molecule has 0 spiro atoms. The van der Waals surface area contributed by atoms with Crippen molar-refractivity contribution in [1.82, 2.24) is 4.98 Å². The molecule has 2 aromatic rings. The minimum atomic E-state index is -3.77. The fourth-order valence-electron chi connectivity index (χ4n) is 1.88. The van der Waals surface area contributed by atoms with Gasteiger partial charge in [0.2, 0.25) is 0 Å². The number of benzene rings is 1. The highest BCUT2D eigenvalue weighted by Gasteiger charge is 2.16. The Labute approximate surface area is 140 Å². The lowest BCUT2D eigenvalue weighted by molar-refractivity contribution is 0.414. The minimum Gasteiger partial charge on any atom is -0.495 e. The molecule has 2 N–H and O–H groups in total. The summed E-state index contributed by atoms with van der Waals surface area (Å²) < 4.78 is 32.1. The number of nitrogens with zero attached hydrogens (tertiary/aromatic N) is 1. The summed E-state index contributed by atoms with van der Waals surface area (Å²) in [6.45, 7) is 4.01. The van der Waals surface area contributed by atoms with Gasteiger partial charge in [0.15, 0.2) is 0 Å². The molecule has 23 heavy (non-hydrogen) atoms. The summed E-state index contributed by atoms with van der Waals surface area (Å²) in [5, 5.41) is 3.40. The summed E-state index contributed by atoms with van der Waals surface area (Å²) in [4.78, 5) is 4.12. The Morgan fingerprint density at radius 1 is 1.22 bits per heavy atom. The summed E-state index contributed by atoms with van der Waals surface area (Å²) in [6.07, 6.45) is 1.57. The first-order valence-electron chi connectivity index (χ1n) is 6.91. The second kappa shape index (κ2) is 7.06. The molecule has 0 fully saturated rings. The van der Waals surface area contributed by atoms with Crippen LogP contribution in [-0.2, 0) is 10.0 Å². The van der Waals surface area contributed by atoms with E-state index in [9.17, 15) is 8.42 Å². The van der Waals surface area contributed by atoms with E-state index < -0.39 is 10.0 Å². The van der Waals surface area contributed by atoms with E-state index in [0.717, 1.165) is 5.69 Å². The van der Waals surface area contributed by atoms with Gasteiger partial charge in [0.25, 0.3) is 10.0 Å². The quantitative estimate of drug-likeness (QED) is 0.830. The third-order valence-electron chi connectivity index (χ3n) is 2.89. The maximum Gasteiger partial charge on any atom is 0.263 e. The van der Waals surface area contributed by atoms with E-state index in [2.05, 4.69) is 15.0 Å². The lowest BCUT2D eigenvalue weighted by Crippen LogP contribution is -2.14. The van der Waals surface area contributed by atoms with E-state index in [-0.39, 0.29) is 21.8 Å². The SMILES string of the molecule is COc1ccc(S(=O)(=O)Nc2ccc(NC(C)C)cn2)cc1Cl. The number of methoxy groups -OCH3 is 1. The number of ether oxygens (including phenoxy) is 1. The molecule has 0 saturated carbocycles. The molecule has 0 atom stereocenters. The monoisotopic (exact) mass is 355 g/mol. The Kier molecular flexibility index (Phi) is 5.33. The van der Waals surface area contributed by atoms with Crippen LogP contribution in [0.3, 0.4) is 0 Å². The molecule has 8 heteroatoms. The Morgan fingerprint density at radius 3 is 2.48 bits per heavy atom. The van der Waals surface area contributed by atoms with Gasteiger partial charge in [-0.05, 0) is 44.2 Å². The van der Waals surface area contributed by atoms with E-state index >= 15 is 0 Å². The van der Waals surface area contributed by atoms with Crippen LogP contribution in [0.4, 0.5) is 11.5 Å². The zero-order chi connectivity index (χ0) is 17.0. The number of halogens is 1. The molecular formula is C15H18ClN3O3S. The molecule has 1 aromatic heterocycles. The van der Waals surface area contributed by atoms with Gasteiger partial charge in [0.05, 0.1) is 28.9 Å². The number of pyridine rings is 1. The molecule has 0 aliphatic carbocycles.